The van der Waals surface area contributed by atoms with Crippen LogP contribution >= 0.6 is 0 Å². The standard InChI is InChI=1S/C17H28N2O/c1-4-11-18-15-16-7-9-17(10-8-16)20-14-13-19(6-3)12-5-2/h5,7-10,18H,2,4,6,11-15H2,1,3H3. The molecule has 20 heavy (non-hydrogen) atoms. The van der Waals surface area contributed by atoms with E-state index in [0.717, 1.165) is 45.1 Å². The van der Waals surface area contributed by atoms with E-state index < -0.39 is 0 Å². The van der Waals surface area contributed by atoms with Crippen LogP contribution in [0.4, 0.5) is 0 Å². The normalized spacial score (nSPS) is 10.8. The van der Waals surface area contributed by atoms with Crippen LogP contribution in [0.25, 0.3) is 0 Å². The highest BCUT2D eigenvalue weighted by Gasteiger charge is 2.00. The summed E-state index contributed by atoms with van der Waals surface area (Å²) < 4.78 is 5.77. The Morgan fingerprint density at radius 2 is 2.00 bits per heavy atom. The van der Waals surface area contributed by atoms with Gasteiger partial charge in [-0.3, -0.25) is 4.90 Å². The van der Waals surface area contributed by atoms with Crippen LogP contribution in [-0.4, -0.2) is 37.7 Å². The Hall–Kier alpha value is -1.32. The minimum atomic E-state index is 0.717. The van der Waals surface area contributed by atoms with E-state index in [2.05, 4.69) is 42.8 Å². The molecule has 3 nitrogen and oxygen atoms in total. The number of nitrogens with zero attached hydrogens (tertiary/aromatic N) is 1. The molecule has 0 aliphatic rings. The maximum Gasteiger partial charge on any atom is 0.119 e. The second-order valence-electron chi connectivity index (χ2n) is 4.85. The molecule has 0 aromatic heterocycles. The first kappa shape index (κ1) is 16.7. The van der Waals surface area contributed by atoms with Crippen LogP contribution in [0.5, 0.6) is 5.75 Å². The monoisotopic (exact) mass is 276 g/mol. The maximum absolute atomic E-state index is 5.77. The Kier molecular flexibility index (Phi) is 8.76. The lowest BCUT2D eigenvalue weighted by molar-refractivity contribution is 0.229. The predicted molar refractivity (Wildman–Crippen MR) is 86.2 cm³/mol. The second kappa shape index (κ2) is 10.5. The molecule has 0 unspecified atom stereocenters. The van der Waals surface area contributed by atoms with Crippen molar-refractivity contribution in [3.63, 3.8) is 0 Å². The van der Waals surface area contributed by atoms with Gasteiger partial charge in [-0.05, 0) is 37.2 Å². The molecule has 3 heteroatoms. The molecule has 1 aromatic carbocycles. The highest BCUT2D eigenvalue weighted by atomic mass is 16.5. The van der Waals surface area contributed by atoms with Crippen molar-refractivity contribution >= 4 is 0 Å². The molecule has 0 radical (unpaired) electrons. The summed E-state index contributed by atoms with van der Waals surface area (Å²) in [5.74, 6) is 0.943. The van der Waals surface area contributed by atoms with Crippen LogP contribution in [0.15, 0.2) is 36.9 Å². The summed E-state index contributed by atoms with van der Waals surface area (Å²) in [6.07, 6.45) is 3.10. The van der Waals surface area contributed by atoms with Crippen molar-refractivity contribution < 1.29 is 4.74 Å². The van der Waals surface area contributed by atoms with E-state index in [-0.39, 0.29) is 0 Å². The molecule has 0 aliphatic carbocycles. The van der Waals surface area contributed by atoms with Gasteiger partial charge in [0.05, 0.1) is 0 Å². The number of rotatable bonds is 11. The molecule has 0 atom stereocenters. The number of likely N-dealkylation sites (N-methyl/N-ethyl adjacent to an activating group) is 1. The van der Waals surface area contributed by atoms with Crippen molar-refractivity contribution in [3.05, 3.63) is 42.5 Å². The Morgan fingerprint density at radius 3 is 2.60 bits per heavy atom. The molecule has 1 aromatic rings. The predicted octanol–water partition coefficient (Wildman–Crippen LogP) is 3.07. The molecule has 0 spiro atoms. The largest absolute Gasteiger partial charge is 0.492 e. The summed E-state index contributed by atoms with van der Waals surface area (Å²) in [5.41, 5.74) is 1.30. The molecule has 112 valence electrons. The number of hydrogen-bond acceptors (Lipinski definition) is 3. The molecular weight excluding hydrogens is 248 g/mol. The van der Waals surface area contributed by atoms with E-state index in [1.807, 2.05) is 18.2 Å². The van der Waals surface area contributed by atoms with Crippen LogP contribution < -0.4 is 10.1 Å². The van der Waals surface area contributed by atoms with Crippen molar-refractivity contribution in [2.24, 2.45) is 0 Å². The topological polar surface area (TPSA) is 24.5 Å². The van der Waals surface area contributed by atoms with Crippen molar-refractivity contribution in [1.82, 2.24) is 10.2 Å². The average molecular weight is 276 g/mol. The smallest absolute Gasteiger partial charge is 0.119 e. The van der Waals surface area contributed by atoms with E-state index in [9.17, 15) is 0 Å². The van der Waals surface area contributed by atoms with Gasteiger partial charge < -0.3 is 10.1 Å². The molecule has 1 N–H and O–H groups in total. The van der Waals surface area contributed by atoms with E-state index in [0.29, 0.717) is 0 Å². The van der Waals surface area contributed by atoms with Gasteiger partial charge in [0.25, 0.3) is 0 Å². The fraction of sp³-hybridized carbons (Fsp3) is 0.529. The fourth-order valence-corrected chi connectivity index (χ4v) is 1.97. The molecule has 0 aliphatic heterocycles. The van der Waals surface area contributed by atoms with E-state index in [4.69, 9.17) is 4.74 Å². The van der Waals surface area contributed by atoms with Crippen molar-refractivity contribution in [3.8, 4) is 5.75 Å². The Labute approximate surface area is 123 Å². The first-order valence-corrected chi connectivity index (χ1v) is 7.55. The number of nitrogens with one attached hydrogen (secondary N) is 1. The summed E-state index contributed by atoms with van der Waals surface area (Å²) in [4.78, 5) is 2.30. The van der Waals surface area contributed by atoms with Crippen molar-refractivity contribution in [2.75, 3.05) is 32.8 Å². The summed E-state index contributed by atoms with van der Waals surface area (Å²) in [7, 11) is 0. The molecular formula is C17H28N2O. The van der Waals surface area contributed by atoms with Gasteiger partial charge >= 0.3 is 0 Å². The van der Waals surface area contributed by atoms with Crippen LogP contribution in [0.3, 0.4) is 0 Å². The van der Waals surface area contributed by atoms with Crippen LogP contribution in [0.2, 0.25) is 0 Å². The highest BCUT2D eigenvalue weighted by molar-refractivity contribution is 5.27. The van der Waals surface area contributed by atoms with Crippen LogP contribution in [0, 0.1) is 0 Å². The third-order valence-corrected chi connectivity index (χ3v) is 3.19. The zero-order valence-corrected chi connectivity index (χ0v) is 12.9. The van der Waals surface area contributed by atoms with E-state index >= 15 is 0 Å². The summed E-state index contributed by atoms with van der Waals surface area (Å²) in [5, 5.41) is 3.39. The zero-order valence-electron chi connectivity index (χ0n) is 12.9. The lowest BCUT2D eigenvalue weighted by Crippen LogP contribution is -2.28. The van der Waals surface area contributed by atoms with Gasteiger partial charge in [-0.2, -0.15) is 0 Å². The lowest BCUT2D eigenvalue weighted by Gasteiger charge is -2.18. The molecule has 0 saturated carbocycles. The van der Waals surface area contributed by atoms with E-state index in [1.165, 1.54) is 12.0 Å². The molecule has 0 heterocycles. The van der Waals surface area contributed by atoms with Crippen molar-refractivity contribution in [2.45, 2.75) is 26.8 Å². The quantitative estimate of drug-likeness (QED) is 0.496. The first-order valence-electron chi connectivity index (χ1n) is 7.55. The molecule has 1 rings (SSSR count). The molecule has 0 saturated heterocycles. The first-order chi connectivity index (χ1) is 9.80. The summed E-state index contributed by atoms with van der Waals surface area (Å²) in [6.45, 7) is 13.7. The Bertz CT molecular complexity index is 362. The van der Waals surface area contributed by atoms with Gasteiger partial charge in [-0.15, -0.1) is 6.58 Å². The van der Waals surface area contributed by atoms with Crippen LogP contribution in [0.1, 0.15) is 25.8 Å². The molecule has 0 amide bonds. The highest BCUT2D eigenvalue weighted by Crippen LogP contribution is 2.12. The third kappa shape index (κ3) is 6.73. The van der Waals surface area contributed by atoms with Gasteiger partial charge in [0.15, 0.2) is 0 Å². The Balaban J connectivity index is 2.28. The zero-order chi connectivity index (χ0) is 14.6. The van der Waals surface area contributed by atoms with Gasteiger partial charge in [0.2, 0.25) is 0 Å². The fourth-order valence-electron chi connectivity index (χ4n) is 1.97. The van der Waals surface area contributed by atoms with Gasteiger partial charge in [-0.25, -0.2) is 0 Å². The Morgan fingerprint density at radius 1 is 1.25 bits per heavy atom. The average Bonchev–Trinajstić information content (AvgIpc) is 2.48. The lowest BCUT2D eigenvalue weighted by atomic mass is 10.2. The minimum absolute atomic E-state index is 0.717. The number of benzene rings is 1. The number of ether oxygens (including phenoxy) is 1. The van der Waals surface area contributed by atoms with Crippen molar-refractivity contribution in [1.29, 1.82) is 0 Å². The van der Waals surface area contributed by atoms with Gasteiger partial charge in [0, 0.05) is 19.6 Å². The summed E-state index contributed by atoms with van der Waals surface area (Å²) >= 11 is 0. The minimum Gasteiger partial charge on any atom is -0.492 e. The number of hydrogen-bond donors (Lipinski definition) is 1. The maximum atomic E-state index is 5.77. The van der Waals surface area contributed by atoms with Gasteiger partial charge in [0.1, 0.15) is 12.4 Å². The molecule has 0 fully saturated rings. The third-order valence-electron chi connectivity index (χ3n) is 3.19. The summed E-state index contributed by atoms with van der Waals surface area (Å²) in [6, 6.07) is 8.35. The van der Waals surface area contributed by atoms with Crippen LogP contribution in [-0.2, 0) is 6.54 Å². The SMILES string of the molecule is C=CCN(CC)CCOc1ccc(CNCCC)cc1. The van der Waals surface area contributed by atoms with E-state index in [1.54, 1.807) is 0 Å². The van der Waals surface area contributed by atoms with Gasteiger partial charge in [-0.1, -0.05) is 32.1 Å². The molecule has 0 bridgehead atoms. The second-order valence-corrected chi connectivity index (χ2v) is 4.85.